The van der Waals surface area contributed by atoms with Gasteiger partial charge in [0, 0.05) is 19.5 Å². The SMILES string of the molecule is Cn1c(N)c(C(=O)COC(=O)c2c3c(nc4ccccc24)/C(=C\c2ccc(O)cc2)CCC3)c(=O)n(C)c1=O. The van der Waals surface area contributed by atoms with Gasteiger partial charge in [-0.25, -0.2) is 14.6 Å². The Morgan fingerprint density at radius 1 is 1.03 bits per heavy atom. The number of para-hydroxylation sites is 1. The van der Waals surface area contributed by atoms with Crippen LogP contribution in [0.5, 0.6) is 5.75 Å². The van der Waals surface area contributed by atoms with Gasteiger partial charge >= 0.3 is 11.7 Å². The summed E-state index contributed by atoms with van der Waals surface area (Å²) >= 11 is 0. The van der Waals surface area contributed by atoms with E-state index in [-0.39, 0.29) is 11.6 Å². The van der Waals surface area contributed by atoms with Crippen LogP contribution < -0.4 is 17.0 Å². The Bertz CT molecular complexity index is 1800. The maximum atomic E-state index is 13.5. The number of carbonyl (C=O) groups excluding carboxylic acids is 2. The molecule has 0 fully saturated rings. The molecular weight excluding hydrogens is 500 g/mol. The van der Waals surface area contributed by atoms with Crippen LogP contribution in [0.4, 0.5) is 5.82 Å². The van der Waals surface area contributed by atoms with Crippen LogP contribution >= 0.6 is 0 Å². The maximum absolute atomic E-state index is 13.5. The highest BCUT2D eigenvalue weighted by atomic mass is 16.5. The molecule has 0 bridgehead atoms. The summed E-state index contributed by atoms with van der Waals surface area (Å²) in [7, 11) is 2.59. The van der Waals surface area contributed by atoms with Gasteiger partial charge in [0.1, 0.15) is 17.1 Å². The molecule has 39 heavy (non-hydrogen) atoms. The van der Waals surface area contributed by atoms with Crippen molar-refractivity contribution in [2.24, 2.45) is 14.1 Å². The monoisotopic (exact) mass is 526 g/mol. The van der Waals surface area contributed by atoms with E-state index in [0.717, 1.165) is 38.7 Å². The summed E-state index contributed by atoms with van der Waals surface area (Å²) in [4.78, 5) is 56.0. The van der Waals surface area contributed by atoms with Crippen molar-refractivity contribution in [3.05, 3.63) is 97.3 Å². The van der Waals surface area contributed by atoms with Crippen LogP contribution in [-0.2, 0) is 25.3 Å². The van der Waals surface area contributed by atoms with Crippen molar-refractivity contribution in [2.45, 2.75) is 19.3 Å². The lowest BCUT2D eigenvalue weighted by atomic mass is 9.86. The molecule has 0 radical (unpaired) electrons. The molecule has 10 nitrogen and oxygen atoms in total. The number of hydrogen-bond donors (Lipinski definition) is 2. The number of ether oxygens (including phenoxy) is 1. The summed E-state index contributed by atoms with van der Waals surface area (Å²) in [5.41, 5.74) is 8.11. The maximum Gasteiger partial charge on any atom is 0.339 e. The largest absolute Gasteiger partial charge is 0.508 e. The van der Waals surface area contributed by atoms with Crippen molar-refractivity contribution in [2.75, 3.05) is 12.3 Å². The van der Waals surface area contributed by atoms with Gasteiger partial charge in [0.25, 0.3) is 5.56 Å². The van der Waals surface area contributed by atoms with Gasteiger partial charge in [0.05, 0.1) is 16.8 Å². The van der Waals surface area contributed by atoms with Crippen LogP contribution in [0.1, 0.15) is 50.4 Å². The minimum atomic E-state index is -0.854. The molecule has 5 rings (SSSR count). The number of nitrogen functional groups attached to an aromatic ring is 1. The Balaban J connectivity index is 1.53. The van der Waals surface area contributed by atoms with Crippen molar-refractivity contribution in [3.63, 3.8) is 0 Å². The highest BCUT2D eigenvalue weighted by Gasteiger charge is 2.27. The lowest BCUT2D eigenvalue weighted by Crippen LogP contribution is -2.42. The molecule has 4 aromatic rings. The fourth-order valence-corrected chi connectivity index (χ4v) is 4.88. The average molecular weight is 527 g/mol. The van der Waals surface area contributed by atoms with Gasteiger partial charge in [-0.15, -0.1) is 0 Å². The number of benzene rings is 2. The zero-order chi connectivity index (χ0) is 27.8. The van der Waals surface area contributed by atoms with Gasteiger partial charge in [0.15, 0.2) is 6.61 Å². The first kappa shape index (κ1) is 25.7. The Hall–Kier alpha value is -4.99. The molecule has 1 aliphatic carbocycles. The lowest BCUT2D eigenvalue weighted by molar-refractivity contribution is 0.0475. The summed E-state index contributed by atoms with van der Waals surface area (Å²) in [6.45, 7) is -0.724. The average Bonchev–Trinajstić information content (AvgIpc) is 2.94. The molecule has 198 valence electrons. The molecule has 0 aliphatic heterocycles. The number of phenolic OH excluding ortho intramolecular Hbond substituents is 1. The van der Waals surface area contributed by atoms with E-state index in [2.05, 4.69) is 0 Å². The van der Waals surface area contributed by atoms with E-state index in [1.165, 1.54) is 14.1 Å². The number of carbonyl (C=O) groups is 2. The number of allylic oxidation sites excluding steroid dienone is 1. The molecular formula is C29H26N4O6. The number of nitrogens with two attached hydrogens (primary N) is 1. The number of ketones is 1. The van der Waals surface area contributed by atoms with Crippen molar-refractivity contribution in [1.29, 1.82) is 0 Å². The minimum Gasteiger partial charge on any atom is -0.508 e. The first-order valence-electron chi connectivity index (χ1n) is 12.3. The van der Waals surface area contributed by atoms with Crippen LogP contribution in [-0.4, -0.2) is 37.6 Å². The third kappa shape index (κ3) is 4.61. The molecule has 2 aromatic heterocycles. The fraction of sp³-hybridized carbons (Fsp3) is 0.207. The van der Waals surface area contributed by atoms with E-state index in [1.54, 1.807) is 42.5 Å². The Morgan fingerprint density at radius 3 is 2.49 bits per heavy atom. The van der Waals surface area contributed by atoms with E-state index in [1.807, 2.05) is 12.1 Å². The molecule has 0 amide bonds. The lowest BCUT2D eigenvalue weighted by Gasteiger charge is -2.22. The number of Topliss-reactive ketones (excluding diaryl/α,β-unsaturated/α-hetero) is 1. The van der Waals surface area contributed by atoms with Gasteiger partial charge in [-0.3, -0.25) is 18.7 Å². The Morgan fingerprint density at radius 2 is 1.74 bits per heavy atom. The first-order valence-corrected chi connectivity index (χ1v) is 12.3. The van der Waals surface area contributed by atoms with Crippen LogP contribution in [0.25, 0.3) is 22.6 Å². The molecule has 1 aliphatic rings. The van der Waals surface area contributed by atoms with Gasteiger partial charge in [0.2, 0.25) is 5.78 Å². The molecule has 3 N–H and O–H groups in total. The number of esters is 1. The van der Waals surface area contributed by atoms with Crippen molar-refractivity contribution in [3.8, 4) is 5.75 Å². The zero-order valence-electron chi connectivity index (χ0n) is 21.4. The molecule has 0 atom stereocenters. The van der Waals surface area contributed by atoms with Crippen molar-refractivity contribution >= 4 is 40.1 Å². The Kier molecular flexibility index (Phi) is 6.61. The third-order valence-corrected chi connectivity index (χ3v) is 6.93. The topological polar surface area (TPSA) is 147 Å². The highest BCUT2D eigenvalue weighted by molar-refractivity contribution is 6.08. The predicted octanol–water partition coefficient (Wildman–Crippen LogP) is 2.84. The first-order chi connectivity index (χ1) is 18.7. The summed E-state index contributed by atoms with van der Waals surface area (Å²) < 4.78 is 7.22. The van der Waals surface area contributed by atoms with Gasteiger partial charge in [-0.2, -0.15) is 0 Å². The molecule has 0 spiro atoms. The van der Waals surface area contributed by atoms with Gasteiger partial charge < -0.3 is 15.6 Å². The fourth-order valence-electron chi connectivity index (χ4n) is 4.88. The van der Waals surface area contributed by atoms with E-state index >= 15 is 0 Å². The summed E-state index contributed by atoms with van der Waals surface area (Å²) in [5.74, 6) is -1.65. The summed E-state index contributed by atoms with van der Waals surface area (Å²) in [6.07, 6.45) is 4.10. The second kappa shape index (κ2) is 10.1. The second-order valence-electron chi connectivity index (χ2n) is 9.41. The van der Waals surface area contributed by atoms with Gasteiger partial charge in [-0.1, -0.05) is 30.3 Å². The standard InChI is InChI=1S/C29H26N4O6/c1-32-26(30)24(27(36)33(2)29(32)38)22(35)15-39-28(37)23-19-7-3-4-9-21(19)31-25-17(6-5-8-20(23)25)14-16-10-12-18(34)13-11-16/h3-4,7,9-14,34H,5-6,8,15,30H2,1-2H3/b17-14-. The van der Waals surface area contributed by atoms with Crippen LogP contribution in [0.2, 0.25) is 0 Å². The number of pyridine rings is 1. The molecule has 0 saturated carbocycles. The van der Waals surface area contributed by atoms with E-state index < -0.39 is 35.2 Å². The van der Waals surface area contributed by atoms with E-state index in [9.17, 15) is 24.3 Å². The smallest absolute Gasteiger partial charge is 0.339 e. The van der Waals surface area contributed by atoms with Crippen molar-refractivity contribution in [1.82, 2.24) is 14.1 Å². The van der Waals surface area contributed by atoms with E-state index in [4.69, 9.17) is 15.5 Å². The normalized spacial score (nSPS) is 13.8. The minimum absolute atomic E-state index is 0.169. The van der Waals surface area contributed by atoms with Crippen LogP contribution in [0.15, 0.2) is 58.1 Å². The summed E-state index contributed by atoms with van der Waals surface area (Å²) in [5, 5.41) is 10.2. The molecule has 2 heterocycles. The zero-order valence-corrected chi connectivity index (χ0v) is 21.4. The van der Waals surface area contributed by atoms with E-state index in [0.29, 0.717) is 28.6 Å². The molecule has 0 saturated heterocycles. The third-order valence-electron chi connectivity index (χ3n) is 6.93. The molecule has 0 unspecified atom stereocenters. The quantitative estimate of drug-likeness (QED) is 0.298. The number of phenols is 1. The number of nitrogens with zero attached hydrogens (tertiary/aromatic N) is 3. The Labute approximate surface area is 222 Å². The highest BCUT2D eigenvalue weighted by Crippen LogP contribution is 2.36. The number of fused-ring (bicyclic) bond motifs is 2. The predicted molar refractivity (Wildman–Crippen MR) is 147 cm³/mol. The molecule has 10 heteroatoms. The second-order valence-corrected chi connectivity index (χ2v) is 9.41. The number of hydrogen-bond acceptors (Lipinski definition) is 8. The number of aromatic hydroxyl groups is 1. The van der Waals surface area contributed by atoms with Crippen molar-refractivity contribution < 1.29 is 19.4 Å². The van der Waals surface area contributed by atoms with Crippen LogP contribution in [0, 0.1) is 0 Å². The van der Waals surface area contributed by atoms with Crippen LogP contribution in [0.3, 0.4) is 0 Å². The number of anilines is 1. The number of rotatable bonds is 5. The van der Waals surface area contributed by atoms with Gasteiger partial charge in [-0.05, 0) is 60.2 Å². The summed E-state index contributed by atoms with van der Waals surface area (Å²) in [6, 6.07) is 14.0. The number of aromatic nitrogens is 3. The molecule has 2 aromatic carbocycles.